The maximum atomic E-state index is 12.3. The summed E-state index contributed by atoms with van der Waals surface area (Å²) < 4.78 is 16.0. The van der Waals surface area contributed by atoms with Gasteiger partial charge in [-0.15, -0.1) is 0 Å². The Morgan fingerprint density at radius 3 is 2.83 bits per heavy atom. The average Bonchev–Trinajstić information content (AvgIpc) is 3.03. The summed E-state index contributed by atoms with van der Waals surface area (Å²) in [6.07, 6.45) is 0. The first-order chi connectivity index (χ1) is 11.6. The summed E-state index contributed by atoms with van der Waals surface area (Å²) >= 11 is 0. The predicted octanol–water partition coefficient (Wildman–Crippen LogP) is 1.28. The highest BCUT2D eigenvalue weighted by molar-refractivity contribution is 5.74. The predicted molar refractivity (Wildman–Crippen MR) is 89.3 cm³/mol. The second-order valence-electron chi connectivity index (χ2n) is 6.31. The molecule has 1 aromatic rings. The van der Waals surface area contributed by atoms with E-state index in [1.165, 1.54) is 0 Å². The second-order valence-corrected chi connectivity index (χ2v) is 6.31. The minimum atomic E-state index is -0.0755. The van der Waals surface area contributed by atoms with E-state index in [0.717, 1.165) is 49.9 Å². The van der Waals surface area contributed by atoms with Crippen LogP contribution in [0.5, 0.6) is 11.5 Å². The number of ether oxygens (including phenoxy) is 3. The maximum absolute atomic E-state index is 12.3. The van der Waals surface area contributed by atoms with Gasteiger partial charge in [0.15, 0.2) is 11.5 Å². The first-order valence-electron chi connectivity index (χ1n) is 8.32. The minimum absolute atomic E-state index is 0.0755. The van der Waals surface area contributed by atoms with E-state index < -0.39 is 0 Å². The van der Waals surface area contributed by atoms with Crippen LogP contribution in [-0.2, 0) is 11.3 Å². The van der Waals surface area contributed by atoms with Crippen LogP contribution in [-0.4, -0.2) is 68.6 Å². The van der Waals surface area contributed by atoms with Gasteiger partial charge in [0.05, 0.1) is 13.2 Å². The standard InChI is InChI=1S/C17H25N3O4/c1-13(10-20-5-7-22-8-6-20)18-17(21)19(2)11-14-3-4-15-16(9-14)24-12-23-15/h3-4,9,13H,5-8,10-12H2,1-2H3,(H,18,21)/t13-/m1/s1. The number of amides is 2. The van der Waals surface area contributed by atoms with Crippen LogP contribution in [0.4, 0.5) is 4.79 Å². The molecule has 0 bridgehead atoms. The Morgan fingerprint density at radius 1 is 1.29 bits per heavy atom. The van der Waals surface area contributed by atoms with Gasteiger partial charge in [-0.1, -0.05) is 6.07 Å². The van der Waals surface area contributed by atoms with E-state index >= 15 is 0 Å². The molecule has 7 nitrogen and oxygen atoms in total. The Morgan fingerprint density at radius 2 is 2.04 bits per heavy atom. The van der Waals surface area contributed by atoms with Gasteiger partial charge in [-0.3, -0.25) is 4.90 Å². The van der Waals surface area contributed by atoms with Gasteiger partial charge in [-0.05, 0) is 24.6 Å². The van der Waals surface area contributed by atoms with Gasteiger partial charge in [0.1, 0.15) is 0 Å². The molecule has 1 saturated heterocycles. The Balaban J connectivity index is 1.47. The van der Waals surface area contributed by atoms with Crippen molar-refractivity contribution in [2.24, 2.45) is 0 Å². The summed E-state index contributed by atoms with van der Waals surface area (Å²) in [5, 5.41) is 3.05. The molecule has 0 unspecified atom stereocenters. The van der Waals surface area contributed by atoms with Crippen molar-refractivity contribution < 1.29 is 19.0 Å². The zero-order chi connectivity index (χ0) is 16.9. The fourth-order valence-electron chi connectivity index (χ4n) is 2.92. The van der Waals surface area contributed by atoms with Crippen molar-refractivity contribution in [3.05, 3.63) is 23.8 Å². The fraction of sp³-hybridized carbons (Fsp3) is 0.588. The molecule has 132 valence electrons. The lowest BCUT2D eigenvalue weighted by molar-refractivity contribution is 0.0347. The molecule has 0 spiro atoms. The Bertz CT molecular complexity index is 575. The van der Waals surface area contributed by atoms with E-state index in [9.17, 15) is 4.79 Å². The number of carbonyl (C=O) groups excluding carboxylic acids is 1. The number of nitrogens with zero attached hydrogens (tertiary/aromatic N) is 2. The molecule has 1 atom stereocenters. The number of benzene rings is 1. The smallest absolute Gasteiger partial charge is 0.317 e. The molecule has 1 aromatic carbocycles. The van der Waals surface area contributed by atoms with Crippen molar-refractivity contribution in [3.8, 4) is 11.5 Å². The van der Waals surface area contributed by atoms with Gasteiger partial charge in [0, 0.05) is 39.3 Å². The lowest BCUT2D eigenvalue weighted by Crippen LogP contribution is -2.48. The number of carbonyl (C=O) groups is 1. The minimum Gasteiger partial charge on any atom is -0.454 e. The van der Waals surface area contributed by atoms with Crippen LogP contribution < -0.4 is 14.8 Å². The quantitative estimate of drug-likeness (QED) is 0.878. The highest BCUT2D eigenvalue weighted by atomic mass is 16.7. The maximum Gasteiger partial charge on any atom is 0.317 e. The molecule has 2 aliphatic heterocycles. The molecule has 0 aromatic heterocycles. The van der Waals surface area contributed by atoms with Crippen molar-refractivity contribution in [1.82, 2.24) is 15.1 Å². The molecule has 2 heterocycles. The van der Waals surface area contributed by atoms with Crippen molar-refractivity contribution in [1.29, 1.82) is 0 Å². The molecule has 1 fully saturated rings. The number of rotatable bonds is 5. The van der Waals surface area contributed by atoms with Crippen LogP contribution in [0.25, 0.3) is 0 Å². The molecule has 7 heteroatoms. The molecule has 24 heavy (non-hydrogen) atoms. The third-order valence-corrected chi connectivity index (χ3v) is 4.21. The highest BCUT2D eigenvalue weighted by Crippen LogP contribution is 2.32. The third kappa shape index (κ3) is 4.30. The molecular formula is C17H25N3O4. The molecular weight excluding hydrogens is 310 g/mol. The number of hydrogen-bond donors (Lipinski definition) is 1. The molecule has 2 aliphatic rings. The van der Waals surface area contributed by atoms with Crippen molar-refractivity contribution in [2.45, 2.75) is 19.5 Å². The molecule has 1 N–H and O–H groups in total. The number of hydrogen-bond acceptors (Lipinski definition) is 5. The normalized spacial score (nSPS) is 18.2. The second kappa shape index (κ2) is 7.72. The zero-order valence-electron chi connectivity index (χ0n) is 14.3. The largest absolute Gasteiger partial charge is 0.454 e. The summed E-state index contributed by atoms with van der Waals surface area (Å²) in [6, 6.07) is 5.77. The lowest BCUT2D eigenvalue weighted by Gasteiger charge is -2.30. The molecule has 3 rings (SSSR count). The lowest BCUT2D eigenvalue weighted by atomic mass is 10.2. The average molecular weight is 335 g/mol. The summed E-state index contributed by atoms with van der Waals surface area (Å²) in [4.78, 5) is 16.3. The van der Waals surface area contributed by atoms with Gasteiger partial charge >= 0.3 is 6.03 Å². The molecule has 0 saturated carbocycles. The van der Waals surface area contributed by atoms with E-state index in [2.05, 4.69) is 10.2 Å². The zero-order valence-corrected chi connectivity index (χ0v) is 14.3. The van der Waals surface area contributed by atoms with Gasteiger partial charge in [-0.25, -0.2) is 4.79 Å². The van der Waals surface area contributed by atoms with E-state index in [1.54, 1.807) is 11.9 Å². The number of nitrogens with one attached hydrogen (secondary N) is 1. The summed E-state index contributed by atoms with van der Waals surface area (Å²) in [6.45, 7) is 7.03. The van der Waals surface area contributed by atoms with Crippen molar-refractivity contribution in [3.63, 3.8) is 0 Å². The van der Waals surface area contributed by atoms with Gasteiger partial charge in [-0.2, -0.15) is 0 Å². The Kier molecular flexibility index (Phi) is 5.42. The van der Waals surface area contributed by atoms with E-state index in [1.807, 2.05) is 25.1 Å². The monoisotopic (exact) mass is 335 g/mol. The molecule has 0 radical (unpaired) electrons. The number of urea groups is 1. The van der Waals surface area contributed by atoms with Crippen LogP contribution >= 0.6 is 0 Å². The van der Waals surface area contributed by atoms with E-state index in [-0.39, 0.29) is 18.9 Å². The topological polar surface area (TPSA) is 63.3 Å². The number of fused-ring (bicyclic) bond motifs is 1. The SMILES string of the molecule is C[C@H](CN1CCOCC1)NC(=O)N(C)Cc1ccc2c(c1)OCO2. The van der Waals surface area contributed by atoms with Crippen molar-refractivity contribution >= 4 is 6.03 Å². The van der Waals surface area contributed by atoms with Gasteiger partial charge in [0.25, 0.3) is 0 Å². The van der Waals surface area contributed by atoms with Crippen LogP contribution in [0.3, 0.4) is 0 Å². The third-order valence-electron chi connectivity index (χ3n) is 4.21. The fourth-order valence-corrected chi connectivity index (χ4v) is 2.92. The summed E-state index contributed by atoms with van der Waals surface area (Å²) in [5.74, 6) is 1.49. The highest BCUT2D eigenvalue weighted by Gasteiger charge is 2.18. The number of morpholine rings is 1. The Hall–Kier alpha value is -1.99. The van der Waals surface area contributed by atoms with Gasteiger partial charge in [0.2, 0.25) is 6.79 Å². The van der Waals surface area contributed by atoms with Crippen LogP contribution in [0, 0.1) is 0 Å². The molecule has 2 amide bonds. The first-order valence-corrected chi connectivity index (χ1v) is 8.32. The van der Waals surface area contributed by atoms with E-state index in [0.29, 0.717) is 6.54 Å². The van der Waals surface area contributed by atoms with Crippen molar-refractivity contribution in [2.75, 3.05) is 46.7 Å². The summed E-state index contributed by atoms with van der Waals surface area (Å²) in [7, 11) is 1.79. The van der Waals surface area contributed by atoms with Gasteiger partial charge < -0.3 is 24.4 Å². The van der Waals surface area contributed by atoms with Crippen LogP contribution in [0.15, 0.2) is 18.2 Å². The first kappa shape index (κ1) is 16.9. The van der Waals surface area contributed by atoms with Crippen LogP contribution in [0.1, 0.15) is 12.5 Å². The molecule has 0 aliphatic carbocycles. The van der Waals surface area contributed by atoms with Crippen LogP contribution in [0.2, 0.25) is 0 Å². The van der Waals surface area contributed by atoms with E-state index in [4.69, 9.17) is 14.2 Å². The summed E-state index contributed by atoms with van der Waals surface area (Å²) in [5.41, 5.74) is 1.01. The Labute approximate surface area is 142 Å².